The lowest BCUT2D eigenvalue weighted by Gasteiger charge is -2.46. The fourth-order valence-corrected chi connectivity index (χ4v) is 3.55. The van der Waals surface area contributed by atoms with Gasteiger partial charge in [0.15, 0.2) is 6.04 Å². The minimum Gasteiger partial charge on any atom is -0.450 e. The first-order valence-electron chi connectivity index (χ1n) is 8.97. The first kappa shape index (κ1) is 19.0. The molecule has 10 nitrogen and oxygen atoms in total. The van der Waals surface area contributed by atoms with Gasteiger partial charge in [-0.1, -0.05) is 6.07 Å². The number of amides is 2. The molecule has 146 valence electrons. The molecule has 3 atom stereocenters. The van der Waals surface area contributed by atoms with Crippen LogP contribution in [0.3, 0.4) is 0 Å². The van der Waals surface area contributed by atoms with Crippen molar-refractivity contribution in [2.24, 2.45) is 0 Å². The van der Waals surface area contributed by atoms with E-state index < -0.39 is 29.4 Å². The molecule has 10 heteroatoms. The average Bonchev–Trinajstić information content (AvgIpc) is 3.46. The summed E-state index contributed by atoms with van der Waals surface area (Å²) in [6.45, 7) is 3.32. The molecule has 0 radical (unpaired) electrons. The maximum absolute atomic E-state index is 12.8. The SMILES string of the molecule is CCOC(=O)N1C(c2ccccn2)C([N+](=O)[O-])NCC1N(C(C)=O)C1CC1. The van der Waals surface area contributed by atoms with Crippen LogP contribution in [0.25, 0.3) is 0 Å². The molecule has 3 rings (SSSR count). The Morgan fingerprint density at radius 1 is 1.44 bits per heavy atom. The summed E-state index contributed by atoms with van der Waals surface area (Å²) in [4.78, 5) is 43.5. The normalized spacial score (nSPS) is 25.0. The van der Waals surface area contributed by atoms with Crippen LogP contribution in [0.1, 0.15) is 38.4 Å². The van der Waals surface area contributed by atoms with E-state index in [1.165, 1.54) is 18.0 Å². The molecular formula is C17H23N5O5. The van der Waals surface area contributed by atoms with E-state index in [1.54, 1.807) is 30.0 Å². The van der Waals surface area contributed by atoms with Gasteiger partial charge in [-0.25, -0.2) is 10.1 Å². The number of pyridine rings is 1. The number of rotatable bonds is 5. The molecule has 1 aromatic heterocycles. The van der Waals surface area contributed by atoms with Gasteiger partial charge in [-0.15, -0.1) is 0 Å². The summed E-state index contributed by atoms with van der Waals surface area (Å²) in [6, 6.07) is 4.06. The van der Waals surface area contributed by atoms with E-state index in [9.17, 15) is 19.7 Å². The molecule has 2 heterocycles. The molecule has 0 bridgehead atoms. The van der Waals surface area contributed by atoms with Gasteiger partial charge >= 0.3 is 6.09 Å². The van der Waals surface area contributed by atoms with Crippen molar-refractivity contribution in [3.63, 3.8) is 0 Å². The second kappa shape index (κ2) is 7.87. The number of nitrogens with one attached hydrogen (secondary N) is 1. The van der Waals surface area contributed by atoms with Crippen LogP contribution in [0, 0.1) is 10.1 Å². The molecule has 1 saturated carbocycles. The van der Waals surface area contributed by atoms with Gasteiger partial charge in [-0.05, 0) is 31.9 Å². The fourth-order valence-electron chi connectivity index (χ4n) is 3.55. The molecule has 0 aromatic carbocycles. The average molecular weight is 377 g/mol. The van der Waals surface area contributed by atoms with Crippen LogP contribution in [0.4, 0.5) is 4.79 Å². The number of carbonyl (C=O) groups excluding carboxylic acids is 2. The number of nitro groups is 1. The summed E-state index contributed by atoms with van der Waals surface area (Å²) >= 11 is 0. The molecule has 2 aliphatic rings. The summed E-state index contributed by atoms with van der Waals surface area (Å²) in [6.07, 6.45) is 0.576. The first-order chi connectivity index (χ1) is 13.0. The second-order valence-electron chi connectivity index (χ2n) is 6.58. The molecule has 27 heavy (non-hydrogen) atoms. The Labute approximate surface area is 156 Å². The zero-order valence-electron chi connectivity index (χ0n) is 15.3. The van der Waals surface area contributed by atoms with Gasteiger partial charge in [-0.2, -0.15) is 0 Å². The number of hydrogen-bond donors (Lipinski definition) is 1. The molecular weight excluding hydrogens is 354 g/mol. The van der Waals surface area contributed by atoms with E-state index in [0.717, 1.165) is 12.8 Å². The van der Waals surface area contributed by atoms with Crippen molar-refractivity contribution >= 4 is 12.0 Å². The molecule has 1 aliphatic carbocycles. The standard InChI is InChI=1S/C17H23N5O5/c1-3-27-17(24)21-14(20(11(2)23)12-7-8-12)10-19-16(22(25)26)15(21)13-6-4-5-9-18-13/h4-6,9,12,14-16,19H,3,7-8,10H2,1-2H3. The van der Waals surface area contributed by atoms with Gasteiger partial charge in [0.1, 0.15) is 6.17 Å². The molecule has 2 fully saturated rings. The Kier molecular flexibility index (Phi) is 5.54. The van der Waals surface area contributed by atoms with Crippen molar-refractivity contribution in [1.82, 2.24) is 20.1 Å². The molecule has 1 N–H and O–H groups in total. The predicted molar refractivity (Wildman–Crippen MR) is 94.0 cm³/mol. The first-order valence-corrected chi connectivity index (χ1v) is 8.97. The zero-order valence-corrected chi connectivity index (χ0v) is 15.3. The molecule has 2 amide bonds. The van der Waals surface area contributed by atoms with Crippen molar-refractivity contribution < 1.29 is 19.2 Å². The highest BCUT2D eigenvalue weighted by Crippen LogP contribution is 2.36. The maximum Gasteiger partial charge on any atom is 0.412 e. The lowest BCUT2D eigenvalue weighted by atomic mass is 10.0. The third kappa shape index (κ3) is 3.85. The number of aromatic nitrogens is 1. The Hall–Kier alpha value is -2.75. The minimum absolute atomic E-state index is 0.0303. The summed E-state index contributed by atoms with van der Waals surface area (Å²) in [5, 5.41) is 14.6. The van der Waals surface area contributed by atoms with Crippen molar-refractivity contribution in [2.45, 2.75) is 51.1 Å². The topological polar surface area (TPSA) is 118 Å². The van der Waals surface area contributed by atoms with E-state index in [4.69, 9.17) is 4.74 Å². The molecule has 1 aromatic rings. The van der Waals surface area contributed by atoms with Gasteiger partial charge in [-0.3, -0.25) is 24.8 Å². The van der Waals surface area contributed by atoms with Crippen LogP contribution in [0.2, 0.25) is 0 Å². The van der Waals surface area contributed by atoms with Crippen LogP contribution in [-0.2, 0) is 9.53 Å². The van der Waals surface area contributed by atoms with E-state index in [-0.39, 0.29) is 25.1 Å². The highest BCUT2D eigenvalue weighted by atomic mass is 16.6. The van der Waals surface area contributed by atoms with Crippen molar-refractivity contribution in [1.29, 1.82) is 0 Å². The maximum atomic E-state index is 12.8. The van der Waals surface area contributed by atoms with Crippen LogP contribution < -0.4 is 5.32 Å². The third-order valence-electron chi connectivity index (χ3n) is 4.75. The largest absolute Gasteiger partial charge is 0.450 e. The van der Waals surface area contributed by atoms with Crippen LogP contribution >= 0.6 is 0 Å². The molecule has 3 unspecified atom stereocenters. The van der Waals surface area contributed by atoms with Crippen LogP contribution in [-0.4, -0.2) is 63.2 Å². The highest BCUT2D eigenvalue weighted by molar-refractivity contribution is 5.76. The molecule has 0 spiro atoms. The smallest absolute Gasteiger partial charge is 0.412 e. The lowest BCUT2D eigenvalue weighted by molar-refractivity contribution is -0.542. The summed E-state index contributed by atoms with van der Waals surface area (Å²) in [5.41, 5.74) is 0.365. The van der Waals surface area contributed by atoms with E-state index in [2.05, 4.69) is 10.3 Å². The molecule has 1 saturated heterocycles. The monoisotopic (exact) mass is 377 g/mol. The van der Waals surface area contributed by atoms with Gasteiger partial charge in [0.2, 0.25) is 5.91 Å². The quantitative estimate of drug-likeness (QED) is 0.603. The summed E-state index contributed by atoms with van der Waals surface area (Å²) in [7, 11) is 0. The third-order valence-corrected chi connectivity index (χ3v) is 4.75. The van der Waals surface area contributed by atoms with E-state index >= 15 is 0 Å². The minimum atomic E-state index is -1.26. The van der Waals surface area contributed by atoms with Gasteiger partial charge < -0.3 is 9.64 Å². The number of carbonyl (C=O) groups is 2. The lowest BCUT2D eigenvalue weighted by Crippen LogP contribution is -2.67. The van der Waals surface area contributed by atoms with Crippen LogP contribution in [0.5, 0.6) is 0 Å². The van der Waals surface area contributed by atoms with E-state index in [0.29, 0.717) is 5.69 Å². The number of hydrogen-bond acceptors (Lipinski definition) is 7. The number of ether oxygens (including phenoxy) is 1. The summed E-state index contributed by atoms with van der Waals surface area (Å²) in [5.74, 6) is -0.182. The van der Waals surface area contributed by atoms with Crippen molar-refractivity contribution in [2.75, 3.05) is 13.2 Å². The van der Waals surface area contributed by atoms with Gasteiger partial charge in [0.05, 0.1) is 12.3 Å². The van der Waals surface area contributed by atoms with Crippen LogP contribution in [0.15, 0.2) is 24.4 Å². The number of nitrogens with zero attached hydrogens (tertiary/aromatic N) is 4. The Bertz CT molecular complexity index is 711. The number of piperazine rings is 1. The van der Waals surface area contributed by atoms with E-state index in [1.807, 2.05) is 0 Å². The Morgan fingerprint density at radius 3 is 2.70 bits per heavy atom. The fraction of sp³-hybridized carbons (Fsp3) is 0.588. The highest BCUT2D eigenvalue weighted by Gasteiger charge is 2.52. The Morgan fingerprint density at radius 2 is 2.19 bits per heavy atom. The summed E-state index contributed by atoms with van der Waals surface area (Å²) < 4.78 is 5.19. The van der Waals surface area contributed by atoms with Crippen molar-refractivity contribution in [3.8, 4) is 0 Å². The predicted octanol–water partition coefficient (Wildman–Crippen LogP) is 1.12. The Balaban J connectivity index is 2.05. The van der Waals surface area contributed by atoms with Gasteiger partial charge in [0, 0.05) is 30.6 Å². The van der Waals surface area contributed by atoms with Crippen molar-refractivity contribution in [3.05, 3.63) is 40.2 Å². The second-order valence-corrected chi connectivity index (χ2v) is 6.58. The molecule has 1 aliphatic heterocycles. The van der Waals surface area contributed by atoms with Gasteiger partial charge in [0.25, 0.3) is 6.17 Å². The zero-order chi connectivity index (χ0) is 19.6.